The van der Waals surface area contributed by atoms with Gasteiger partial charge in [0.05, 0.1) is 20.1 Å². The molecular formula is C17H22FNO4. The molecule has 1 aliphatic heterocycles. The number of rotatable bonds is 4. The van der Waals surface area contributed by atoms with Crippen LogP contribution < -0.4 is 0 Å². The maximum atomic E-state index is 13.0. The fourth-order valence-electron chi connectivity index (χ4n) is 3.05. The molecule has 2 atom stereocenters. The zero-order valence-corrected chi connectivity index (χ0v) is 13.5. The quantitative estimate of drug-likeness (QED) is 0.800. The fourth-order valence-corrected chi connectivity index (χ4v) is 3.05. The van der Waals surface area contributed by atoms with Crippen molar-refractivity contribution >= 4 is 12.1 Å². The number of nitrogens with zero attached hydrogens (tertiary/aromatic N) is 1. The second-order valence-electron chi connectivity index (χ2n) is 5.73. The highest BCUT2D eigenvalue weighted by Crippen LogP contribution is 2.27. The first-order chi connectivity index (χ1) is 11.0. The van der Waals surface area contributed by atoms with Crippen molar-refractivity contribution in [3.63, 3.8) is 0 Å². The van der Waals surface area contributed by atoms with Gasteiger partial charge >= 0.3 is 12.1 Å². The molecule has 1 amide bonds. The van der Waals surface area contributed by atoms with Gasteiger partial charge in [-0.3, -0.25) is 4.79 Å². The Labute approximate surface area is 135 Å². The van der Waals surface area contributed by atoms with Crippen molar-refractivity contribution in [2.75, 3.05) is 20.8 Å². The molecule has 0 radical (unpaired) electrons. The van der Waals surface area contributed by atoms with Crippen LogP contribution in [0, 0.1) is 11.7 Å². The standard InChI is InChI=1S/C17H22FNO4/c1-22-16(20)13-9-10-19(17(21)23-2)15(11-13)8-5-12-3-6-14(18)7-4-12/h3-4,6-7,13,15H,5,8-11H2,1-2H3. The van der Waals surface area contributed by atoms with E-state index in [2.05, 4.69) is 0 Å². The fraction of sp³-hybridized carbons (Fsp3) is 0.529. The molecule has 5 nitrogen and oxygen atoms in total. The molecule has 2 unspecified atom stereocenters. The predicted molar refractivity (Wildman–Crippen MR) is 82.4 cm³/mol. The van der Waals surface area contributed by atoms with E-state index in [0.717, 1.165) is 5.56 Å². The molecule has 0 aromatic heterocycles. The van der Waals surface area contributed by atoms with E-state index in [1.165, 1.54) is 26.4 Å². The Hall–Kier alpha value is -2.11. The van der Waals surface area contributed by atoms with E-state index in [4.69, 9.17) is 9.47 Å². The summed E-state index contributed by atoms with van der Waals surface area (Å²) in [5.41, 5.74) is 0.997. The summed E-state index contributed by atoms with van der Waals surface area (Å²) in [7, 11) is 2.73. The molecule has 126 valence electrons. The van der Waals surface area contributed by atoms with Crippen LogP contribution in [0.4, 0.5) is 9.18 Å². The lowest BCUT2D eigenvalue weighted by Crippen LogP contribution is -2.47. The van der Waals surface area contributed by atoms with Gasteiger partial charge in [-0.25, -0.2) is 9.18 Å². The molecule has 0 N–H and O–H groups in total. The van der Waals surface area contributed by atoms with Crippen LogP contribution in [-0.2, 0) is 20.7 Å². The lowest BCUT2D eigenvalue weighted by molar-refractivity contribution is -0.147. The Morgan fingerprint density at radius 2 is 1.91 bits per heavy atom. The lowest BCUT2D eigenvalue weighted by atomic mass is 9.88. The predicted octanol–water partition coefficient (Wildman–Crippen LogP) is 2.78. The summed E-state index contributed by atoms with van der Waals surface area (Å²) in [5.74, 6) is -0.700. The highest BCUT2D eigenvalue weighted by molar-refractivity contribution is 5.73. The molecule has 0 spiro atoms. The molecule has 0 saturated carbocycles. The molecule has 1 fully saturated rings. The Balaban J connectivity index is 2.03. The van der Waals surface area contributed by atoms with E-state index in [9.17, 15) is 14.0 Å². The molecular weight excluding hydrogens is 301 g/mol. The third-order valence-corrected chi connectivity index (χ3v) is 4.34. The minimum Gasteiger partial charge on any atom is -0.469 e. The number of ether oxygens (including phenoxy) is 2. The first-order valence-corrected chi connectivity index (χ1v) is 7.72. The van der Waals surface area contributed by atoms with Gasteiger partial charge in [-0.05, 0) is 43.4 Å². The van der Waals surface area contributed by atoms with E-state index in [0.29, 0.717) is 32.2 Å². The molecule has 6 heteroatoms. The highest BCUT2D eigenvalue weighted by Gasteiger charge is 2.35. The topological polar surface area (TPSA) is 55.8 Å². The monoisotopic (exact) mass is 323 g/mol. The van der Waals surface area contributed by atoms with E-state index >= 15 is 0 Å². The van der Waals surface area contributed by atoms with E-state index < -0.39 is 0 Å². The number of carbonyl (C=O) groups is 2. The molecule has 1 saturated heterocycles. The van der Waals surface area contributed by atoms with Gasteiger partial charge in [0, 0.05) is 12.6 Å². The van der Waals surface area contributed by atoms with Crippen LogP contribution in [0.1, 0.15) is 24.8 Å². The Bertz CT molecular complexity index is 546. The molecule has 1 heterocycles. The van der Waals surface area contributed by atoms with Gasteiger partial charge < -0.3 is 14.4 Å². The van der Waals surface area contributed by atoms with Crippen molar-refractivity contribution in [2.45, 2.75) is 31.7 Å². The second-order valence-corrected chi connectivity index (χ2v) is 5.73. The number of carbonyl (C=O) groups excluding carboxylic acids is 2. The van der Waals surface area contributed by atoms with Crippen molar-refractivity contribution in [1.82, 2.24) is 4.90 Å². The smallest absolute Gasteiger partial charge is 0.409 e. The largest absolute Gasteiger partial charge is 0.469 e. The first kappa shape index (κ1) is 17.2. The van der Waals surface area contributed by atoms with Crippen LogP contribution >= 0.6 is 0 Å². The zero-order chi connectivity index (χ0) is 16.8. The van der Waals surface area contributed by atoms with Gasteiger partial charge in [0.15, 0.2) is 0 Å². The number of benzene rings is 1. The number of esters is 1. The molecule has 1 aromatic carbocycles. The van der Waals surface area contributed by atoms with E-state index in [-0.39, 0.29) is 29.8 Å². The number of hydrogen-bond acceptors (Lipinski definition) is 4. The van der Waals surface area contributed by atoms with Gasteiger partial charge in [0.2, 0.25) is 0 Å². The third-order valence-electron chi connectivity index (χ3n) is 4.34. The van der Waals surface area contributed by atoms with Gasteiger partial charge in [-0.15, -0.1) is 0 Å². The van der Waals surface area contributed by atoms with E-state index in [1.807, 2.05) is 0 Å². The van der Waals surface area contributed by atoms with E-state index in [1.54, 1.807) is 17.0 Å². The number of amides is 1. The van der Waals surface area contributed by atoms with Gasteiger partial charge in [-0.2, -0.15) is 0 Å². The first-order valence-electron chi connectivity index (χ1n) is 7.72. The molecule has 1 aromatic rings. The van der Waals surface area contributed by atoms with Gasteiger partial charge in [0.25, 0.3) is 0 Å². The minimum atomic E-state index is -0.377. The van der Waals surface area contributed by atoms with Crippen LogP contribution in [0.25, 0.3) is 0 Å². The lowest BCUT2D eigenvalue weighted by Gasteiger charge is -2.37. The summed E-state index contributed by atoms with van der Waals surface area (Å²) < 4.78 is 22.6. The van der Waals surface area contributed by atoms with Crippen LogP contribution in [0.2, 0.25) is 0 Å². The average Bonchev–Trinajstić information content (AvgIpc) is 2.59. The number of aryl methyl sites for hydroxylation is 1. The van der Waals surface area contributed by atoms with Crippen molar-refractivity contribution in [3.05, 3.63) is 35.6 Å². The summed E-state index contributed by atoms with van der Waals surface area (Å²) in [6.45, 7) is 0.473. The minimum absolute atomic E-state index is 0.0923. The summed E-state index contributed by atoms with van der Waals surface area (Å²) >= 11 is 0. The third kappa shape index (κ3) is 4.43. The zero-order valence-electron chi connectivity index (χ0n) is 13.5. The number of halogens is 1. The highest BCUT2D eigenvalue weighted by atomic mass is 19.1. The Morgan fingerprint density at radius 1 is 1.22 bits per heavy atom. The average molecular weight is 323 g/mol. The van der Waals surface area contributed by atoms with Crippen LogP contribution in [-0.4, -0.2) is 43.8 Å². The number of likely N-dealkylation sites (tertiary alicyclic amines) is 1. The SMILES string of the molecule is COC(=O)C1CCN(C(=O)OC)C(CCc2ccc(F)cc2)C1. The van der Waals surface area contributed by atoms with Crippen LogP contribution in [0.5, 0.6) is 0 Å². The summed E-state index contributed by atoms with van der Waals surface area (Å²) in [4.78, 5) is 25.4. The molecule has 1 aliphatic rings. The van der Waals surface area contributed by atoms with Gasteiger partial charge in [-0.1, -0.05) is 12.1 Å². The normalized spacial score (nSPS) is 20.9. The van der Waals surface area contributed by atoms with Crippen molar-refractivity contribution in [2.24, 2.45) is 5.92 Å². The maximum absolute atomic E-state index is 13.0. The van der Waals surface area contributed by atoms with Crippen LogP contribution in [0.3, 0.4) is 0 Å². The van der Waals surface area contributed by atoms with Gasteiger partial charge in [0.1, 0.15) is 5.82 Å². The Morgan fingerprint density at radius 3 is 2.52 bits per heavy atom. The summed E-state index contributed by atoms with van der Waals surface area (Å²) in [5, 5.41) is 0. The number of piperidine rings is 1. The summed E-state index contributed by atoms with van der Waals surface area (Å²) in [6.07, 6.45) is 2.15. The molecule has 23 heavy (non-hydrogen) atoms. The second kappa shape index (κ2) is 7.94. The summed E-state index contributed by atoms with van der Waals surface area (Å²) in [6, 6.07) is 6.22. The maximum Gasteiger partial charge on any atom is 0.409 e. The molecule has 0 bridgehead atoms. The molecule has 2 rings (SSSR count). The van der Waals surface area contributed by atoms with Crippen LogP contribution in [0.15, 0.2) is 24.3 Å². The molecule has 0 aliphatic carbocycles. The van der Waals surface area contributed by atoms with Crippen molar-refractivity contribution < 1.29 is 23.5 Å². The van der Waals surface area contributed by atoms with Crippen molar-refractivity contribution in [1.29, 1.82) is 0 Å². The number of hydrogen-bond donors (Lipinski definition) is 0. The van der Waals surface area contributed by atoms with Crippen molar-refractivity contribution in [3.8, 4) is 0 Å². The number of methoxy groups -OCH3 is 2. The Kier molecular flexibility index (Phi) is 5.96.